The molecule has 1 aliphatic carbocycles. The topological polar surface area (TPSA) is 20.2 Å². The molecule has 1 N–H and O–H groups in total. The van der Waals surface area contributed by atoms with Crippen molar-refractivity contribution in [1.82, 2.24) is 0 Å². The van der Waals surface area contributed by atoms with Gasteiger partial charge < -0.3 is 5.11 Å². The van der Waals surface area contributed by atoms with E-state index in [1.165, 1.54) is 11.1 Å². The molecule has 0 fully saturated rings. The van der Waals surface area contributed by atoms with Crippen LogP contribution in [0.1, 0.15) is 24.0 Å². The number of hydrogen-bond donors (Lipinski definition) is 1. The van der Waals surface area contributed by atoms with Gasteiger partial charge in [0.2, 0.25) is 0 Å². The first-order valence-corrected chi connectivity index (χ1v) is 4.61. The molecule has 0 aromatic heterocycles. The van der Waals surface area contributed by atoms with E-state index in [0.717, 1.165) is 12.0 Å². The molecule has 0 bridgehead atoms. The second kappa shape index (κ2) is 3.00. The van der Waals surface area contributed by atoms with Crippen molar-refractivity contribution in [2.75, 3.05) is 0 Å². The Morgan fingerprint density at radius 1 is 1.46 bits per heavy atom. The van der Waals surface area contributed by atoms with Crippen molar-refractivity contribution >= 4 is 0 Å². The molecule has 1 aliphatic rings. The van der Waals surface area contributed by atoms with Gasteiger partial charge in [0.25, 0.3) is 0 Å². The summed E-state index contributed by atoms with van der Waals surface area (Å²) in [5, 5.41) is 9.82. The van der Waals surface area contributed by atoms with Crippen LogP contribution >= 0.6 is 0 Å². The van der Waals surface area contributed by atoms with E-state index in [9.17, 15) is 5.11 Å². The van der Waals surface area contributed by atoms with E-state index in [0.29, 0.717) is 0 Å². The van der Waals surface area contributed by atoms with Crippen LogP contribution in [0.15, 0.2) is 36.4 Å². The zero-order valence-electron chi connectivity index (χ0n) is 7.83. The molecule has 2 atom stereocenters. The average molecular weight is 174 g/mol. The second-order valence-corrected chi connectivity index (χ2v) is 3.79. The Kier molecular flexibility index (Phi) is 1.97. The van der Waals surface area contributed by atoms with Crippen molar-refractivity contribution in [2.45, 2.75) is 25.4 Å². The molecule has 1 aromatic carbocycles. The normalized spacial score (nSPS) is 25.7. The van der Waals surface area contributed by atoms with Crippen LogP contribution in [0.3, 0.4) is 0 Å². The predicted octanol–water partition coefficient (Wildman–Crippen LogP) is 2.26. The molecule has 68 valence electrons. The molecular weight excluding hydrogens is 160 g/mol. The van der Waals surface area contributed by atoms with E-state index in [1.54, 1.807) is 0 Å². The van der Waals surface area contributed by atoms with Gasteiger partial charge in [-0.2, -0.15) is 0 Å². The Bertz CT molecular complexity index is 341. The molecule has 0 radical (unpaired) electrons. The molecule has 2 rings (SSSR count). The predicted molar refractivity (Wildman–Crippen MR) is 53.7 cm³/mol. The number of aliphatic hydroxyl groups excluding tert-OH is 1. The quantitative estimate of drug-likeness (QED) is 0.647. The standard InChI is InChI=1S/C12H14O/c1-8(2)12-10-6-4-3-5-9(10)7-11(12)13/h3-6,11-13H,1,7H2,2H3/t11-,12+/m1/s1. The molecule has 0 amide bonds. The van der Waals surface area contributed by atoms with E-state index >= 15 is 0 Å². The molecule has 1 heteroatoms. The summed E-state index contributed by atoms with van der Waals surface area (Å²) in [5.41, 5.74) is 3.57. The van der Waals surface area contributed by atoms with E-state index < -0.39 is 0 Å². The minimum atomic E-state index is -0.269. The molecule has 0 saturated carbocycles. The lowest BCUT2D eigenvalue weighted by Gasteiger charge is -2.15. The third-order valence-electron chi connectivity index (χ3n) is 2.73. The Morgan fingerprint density at radius 3 is 2.85 bits per heavy atom. The van der Waals surface area contributed by atoms with Crippen molar-refractivity contribution < 1.29 is 5.11 Å². The van der Waals surface area contributed by atoms with Crippen LogP contribution in [-0.4, -0.2) is 11.2 Å². The van der Waals surface area contributed by atoms with Gasteiger partial charge in [-0.05, 0) is 24.5 Å². The molecular formula is C12H14O. The van der Waals surface area contributed by atoms with Crippen LogP contribution in [0.5, 0.6) is 0 Å². The maximum Gasteiger partial charge on any atom is 0.0686 e. The van der Waals surface area contributed by atoms with Crippen molar-refractivity contribution in [1.29, 1.82) is 0 Å². The van der Waals surface area contributed by atoms with Crippen LogP contribution in [0.25, 0.3) is 0 Å². The Hall–Kier alpha value is -1.08. The van der Waals surface area contributed by atoms with Gasteiger partial charge in [0.15, 0.2) is 0 Å². The molecule has 1 aromatic rings. The van der Waals surface area contributed by atoms with Gasteiger partial charge in [-0.25, -0.2) is 0 Å². The summed E-state index contributed by atoms with van der Waals surface area (Å²) in [4.78, 5) is 0. The lowest BCUT2D eigenvalue weighted by Crippen LogP contribution is -2.13. The van der Waals surface area contributed by atoms with Crippen molar-refractivity contribution in [3.8, 4) is 0 Å². The van der Waals surface area contributed by atoms with Crippen LogP contribution in [0.4, 0.5) is 0 Å². The van der Waals surface area contributed by atoms with Crippen LogP contribution in [0.2, 0.25) is 0 Å². The molecule has 0 heterocycles. The van der Waals surface area contributed by atoms with Gasteiger partial charge in [0, 0.05) is 5.92 Å². The number of rotatable bonds is 1. The Labute approximate surface area is 78.7 Å². The number of aliphatic hydroxyl groups is 1. The van der Waals surface area contributed by atoms with E-state index in [2.05, 4.69) is 18.7 Å². The maximum atomic E-state index is 9.82. The molecule has 0 spiro atoms. The highest BCUT2D eigenvalue weighted by atomic mass is 16.3. The highest BCUT2D eigenvalue weighted by molar-refractivity contribution is 5.41. The Morgan fingerprint density at radius 2 is 2.15 bits per heavy atom. The Balaban J connectivity index is 2.46. The first-order chi connectivity index (χ1) is 6.20. The lowest BCUT2D eigenvalue weighted by atomic mass is 9.93. The highest BCUT2D eigenvalue weighted by Gasteiger charge is 2.30. The number of hydrogen-bond acceptors (Lipinski definition) is 1. The molecule has 0 unspecified atom stereocenters. The summed E-state index contributed by atoms with van der Waals surface area (Å²) in [5.74, 6) is 0.149. The monoisotopic (exact) mass is 174 g/mol. The third kappa shape index (κ3) is 1.29. The van der Waals surface area contributed by atoms with E-state index in [-0.39, 0.29) is 12.0 Å². The summed E-state index contributed by atoms with van der Waals surface area (Å²) < 4.78 is 0. The van der Waals surface area contributed by atoms with Crippen LogP contribution < -0.4 is 0 Å². The van der Waals surface area contributed by atoms with Gasteiger partial charge in [-0.1, -0.05) is 36.4 Å². The highest BCUT2D eigenvalue weighted by Crippen LogP contribution is 2.37. The van der Waals surface area contributed by atoms with Gasteiger partial charge in [-0.3, -0.25) is 0 Å². The minimum Gasteiger partial charge on any atom is -0.392 e. The van der Waals surface area contributed by atoms with E-state index in [4.69, 9.17) is 0 Å². The van der Waals surface area contributed by atoms with Crippen molar-refractivity contribution in [3.05, 3.63) is 47.5 Å². The van der Waals surface area contributed by atoms with Gasteiger partial charge >= 0.3 is 0 Å². The van der Waals surface area contributed by atoms with Gasteiger partial charge in [0.05, 0.1) is 6.10 Å². The van der Waals surface area contributed by atoms with Gasteiger partial charge in [-0.15, -0.1) is 0 Å². The number of benzene rings is 1. The lowest BCUT2D eigenvalue weighted by molar-refractivity contribution is 0.168. The fourth-order valence-electron chi connectivity index (χ4n) is 2.17. The zero-order chi connectivity index (χ0) is 9.42. The zero-order valence-corrected chi connectivity index (χ0v) is 7.83. The first kappa shape index (κ1) is 8.52. The first-order valence-electron chi connectivity index (χ1n) is 4.61. The van der Waals surface area contributed by atoms with Gasteiger partial charge in [0.1, 0.15) is 0 Å². The van der Waals surface area contributed by atoms with Crippen molar-refractivity contribution in [3.63, 3.8) is 0 Å². The van der Waals surface area contributed by atoms with E-state index in [1.807, 2.05) is 19.1 Å². The largest absolute Gasteiger partial charge is 0.392 e. The molecule has 0 saturated heterocycles. The summed E-state index contributed by atoms with van der Waals surface area (Å²) in [7, 11) is 0. The SMILES string of the molecule is C=C(C)[C@H]1c2ccccc2C[C@H]1O. The smallest absolute Gasteiger partial charge is 0.0686 e. The fraction of sp³-hybridized carbons (Fsp3) is 0.333. The van der Waals surface area contributed by atoms with Crippen molar-refractivity contribution in [2.24, 2.45) is 0 Å². The minimum absolute atomic E-state index is 0.149. The number of fused-ring (bicyclic) bond motifs is 1. The maximum absolute atomic E-state index is 9.82. The molecule has 1 nitrogen and oxygen atoms in total. The summed E-state index contributed by atoms with van der Waals surface area (Å²) in [6, 6.07) is 8.21. The fourth-order valence-corrected chi connectivity index (χ4v) is 2.17. The molecule has 0 aliphatic heterocycles. The third-order valence-corrected chi connectivity index (χ3v) is 2.73. The summed E-state index contributed by atoms with van der Waals surface area (Å²) >= 11 is 0. The second-order valence-electron chi connectivity index (χ2n) is 3.79. The summed E-state index contributed by atoms with van der Waals surface area (Å²) in [6.45, 7) is 5.91. The molecule has 13 heavy (non-hydrogen) atoms. The average Bonchev–Trinajstić information content (AvgIpc) is 2.39. The van der Waals surface area contributed by atoms with Crippen LogP contribution in [0, 0.1) is 0 Å². The summed E-state index contributed by atoms with van der Waals surface area (Å²) in [6.07, 6.45) is 0.503. The van der Waals surface area contributed by atoms with Crippen LogP contribution in [-0.2, 0) is 6.42 Å².